The Kier molecular flexibility index (Phi) is 5.58. The third kappa shape index (κ3) is 4.72. The van der Waals surface area contributed by atoms with Crippen molar-refractivity contribution in [3.63, 3.8) is 0 Å². The molecular formula is C18H25F3N2O. The predicted octanol–water partition coefficient (Wildman–Crippen LogP) is 4.01. The topological polar surface area (TPSA) is 32.3 Å². The van der Waals surface area contributed by atoms with Crippen LogP contribution in [0.1, 0.15) is 44.2 Å². The molecule has 1 aliphatic heterocycles. The van der Waals surface area contributed by atoms with Crippen LogP contribution in [0.25, 0.3) is 0 Å². The number of amides is 1. The number of nitrogens with one attached hydrogen (secondary N) is 1. The molecular weight excluding hydrogens is 317 g/mol. The van der Waals surface area contributed by atoms with Gasteiger partial charge in [0.05, 0.1) is 5.41 Å². The Bertz CT molecular complexity index is 584. The van der Waals surface area contributed by atoms with E-state index in [1.807, 2.05) is 25.1 Å². The Balaban J connectivity index is 1.90. The number of alkyl halides is 3. The summed E-state index contributed by atoms with van der Waals surface area (Å²) in [6.45, 7) is 5.40. The first-order chi connectivity index (χ1) is 11.1. The van der Waals surface area contributed by atoms with Gasteiger partial charge in [0, 0.05) is 6.54 Å². The van der Waals surface area contributed by atoms with Crippen molar-refractivity contribution in [2.75, 3.05) is 6.54 Å². The van der Waals surface area contributed by atoms with Crippen LogP contribution in [-0.2, 0) is 11.2 Å². The molecule has 0 radical (unpaired) electrons. The fraction of sp³-hybridized carbons (Fsp3) is 0.611. The summed E-state index contributed by atoms with van der Waals surface area (Å²) >= 11 is 0. The molecule has 0 saturated carbocycles. The van der Waals surface area contributed by atoms with Gasteiger partial charge >= 0.3 is 6.18 Å². The number of unbranched alkanes of at least 4 members (excludes halogenated alkanes) is 1. The molecule has 1 N–H and O–H groups in total. The van der Waals surface area contributed by atoms with Gasteiger partial charge in [-0.25, -0.2) is 5.01 Å². The molecule has 6 heteroatoms. The first-order valence-corrected chi connectivity index (χ1v) is 8.29. The fourth-order valence-corrected chi connectivity index (χ4v) is 3.04. The molecule has 0 bridgehead atoms. The van der Waals surface area contributed by atoms with E-state index in [0.29, 0.717) is 12.8 Å². The van der Waals surface area contributed by atoms with Crippen molar-refractivity contribution in [2.24, 2.45) is 5.41 Å². The van der Waals surface area contributed by atoms with Gasteiger partial charge in [-0.1, -0.05) is 36.2 Å². The maximum atomic E-state index is 13.4. The normalized spacial score (nSPS) is 19.3. The zero-order chi connectivity index (χ0) is 18.0. The average molecular weight is 342 g/mol. The maximum absolute atomic E-state index is 13.4. The summed E-state index contributed by atoms with van der Waals surface area (Å²) in [7, 11) is 0. The Morgan fingerprint density at radius 1 is 1.29 bits per heavy atom. The molecule has 1 atom stereocenters. The highest BCUT2D eigenvalue weighted by Gasteiger charge is 2.49. The summed E-state index contributed by atoms with van der Waals surface area (Å²) in [4.78, 5) is 11.8. The second-order valence-corrected chi connectivity index (χ2v) is 7.24. The Morgan fingerprint density at radius 3 is 2.54 bits per heavy atom. The van der Waals surface area contributed by atoms with Gasteiger partial charge in [0.2, 0.25) is 5.91 Å². The van der Waals surface area contributed by atoms with Crippen molar-refractivity contribution in [1.82, 2.24) is 10.4 Å². The van der Waals surface area contributed by atoms with Crippen LogP contribution in [0.15, 0.2) is 24.3 Å². The number of nitrogens with zero attached hydrogens (tertiary/aromatic N) is 1. The molecule has 1 aromatic carbocycles. The quantitative estimate of drug-likeness (QED) is 0.792. The highest BCUT2D eigenvalue weighted by molar-refractivity contribution is 5.83. The Morgan fingerprint density at radius 2 is 2.00 bits per heavy atom. The molecule has 0 spiro atoms. The molecule has 1 heterocycles. The number of hydrogen-bond donors (Lipinski definition) is 1. The lowest BCUT2D eigenvalue weighted by atomic mass is 9.94. The van der Waals surface area contributed by atoms with E-state index in [-0.39, 0.29) is 18.9 Å². The average Bonchev–Trinajstić information content (AvgIpc) is 2.70. The summed E-state index contributed by atoms with van der Waals surface area (Å²) < 4.78 is 40.1. The van der Waals surface area contributed by atoms with Crippen LogP contribution >= 0.6 is 0 Å². The zero-order valence-electron chi connectivity index (χ0n) is 14.4. The van der Waals surface area contributed by atoms with Crippen LogP contribution in [0.3, 0.4) is 0 Å². The summed E-state index contributed by atoms with van der Waals surface area (Å²) in [5.74, 6) is -0.350. The first kappa shape index (κ1) is 18.8. The first-order valence-electron chi connectivity index (χ1n) is 8.29. The third-order valence-electron chi connectivity index (χ3n) is 4.46. The van der Waals surface area contributed by atoms with Crippen LogP contribution in [0.5, 0.6) is 0 Å². The molecule has 24 heavy (non-hydrogen) atoms. The molecule has 1 aromatic rings. The minimum absolute atomic E-state index is 0.00826. The van der Waals surface area contributed by atoms with Crippen molar-refractivity contribution in [2.45, 2.75) is 58.7 Å². The number of hydrazine groups is 1. The van der Waals surface area contributed by atoms with Crippen molar-refractivity contribution >= 4 is 5.91 Å². The molecule has 3 nitrogen and oxygen atoms in total. The Hall–Kier alpha value is -1.56. The van der Waals surface area contributed by atoms with Crippen LogP contribution in [0.4, 0.5) is 13.2 Å². The van der Waals surface area contributed by atoms with Gasteiger partial charge in [-0.3, -0.25) is 10.2 Å². The lowest BCUT2D eigenvalue weighted by molar-refractivity contribution is -0.190. The van der Waals surface area contributed by atoms with E-state index in [1.165, 1.54) is 0 Å². The second kappa shape index (κ2) is 7.13. The maximum Gasteiger partial charge on any atom is 0.405 e. The zero-order valence-corrected chi connectivity index (χ0v) is 14.4. The summed E-state index contributed by atoms with van der Waals surface area (Å²) in [5, 5.41) is 1.06. The molecule has 1 aliphatic rings. The lowest BCUT2D eigenvalue weighted by Gasteiger charge is -2.29. The molecule has 1 amide bonds. The van der Waals surface area contributed by atoms with Gasteiger partial charge < -0.3 is 0 Å². The van der Waals surface area contributed by atoms with Crippen molar-refractivity contribution in [1.29, 1.82) is 0 Å². The summed E-state index contributed by atoms with van der Waals surface area (Å²) in [5.41, 5.74) is 3.91. The minimum Gasteiger partial charge on any atom is -0.288 e. The third-order valence-corrected chi connectivity index (χ3v) is 4.46. The van der Waals surface area contributed by atoms with E-state index in [1.54, 1.807) is 13.8 Å². The molecule has 134 valence electrons. The fourth-order valence-electron chi connectivity index (χ4n) is 3.04. The SMILES string of the molecule is Cc1cccc(CCCC[C@H](N2CC(C)(C)C(=O)N2)C(F)(F)F)c1. The number of carbonyl (C=O) groups excluding carboxylic acids is 1. The number of benzene rings is 1. The summed E-state index contributed by atoms with van der Waals surface area (Å²) in [6.07, 6.45) is -2.43. The van der Waals surface area contributed by atoms with E-state index < -0.39 is 17.6 Å². The summed E-state index contributed by atoms with van der Waals surface area (Å²) in [6, 6.07) is 6.40. The van der Waals surface area contributed by atoms with E-state index >= 15 is 0 Å². The van der Waals surface area contributed by atoms with Crippen LogP contribution in [0.2, 0.25) is 0 Å². The van der Waals surface area contributed by atoms with Gasteiger partial charge in [0.1, 0.15) is 6.04 Å². The highest BCUT2D eigenvalue weighted by Crippen LogP contribution is 2.33. The lowest BCUT2D eigenvalue weighted by Crippen LogP contribution is -2.49. The van der Waals surface area contributed by atoms with Gasteiger partial charge in [0.15, 0.2) is 0 Å². The minimum atomic E-state index is -4.35. The molecule has 0 aromatic heterocycles. The van der Waals surface area contributed by atoms with Crippen molar-refractivity contribution in [3.05, 3.63) is 35.4 Å². The van der Waals surface area contributed by atoms with E-state index in [4.69, 9.17) is 0 Å². The number of aryl methyl sites for hydroxylation is 2. The predicted molar refractivity (Wildman–Crippen MR) is 87.2 cm³/mol. The van der Waals surface area contributed by atoms with Crippen LogP contribution in [0, 0.1) is 12.3 Å². The number of rotatable bonds is 6. The van der Waals surface area contributed by atoms with Gasteiger partial charge in [-0.2, -0.15) is 13.2 Å². The molecule has 0 aliphatic carbocycles. The van der Waals surface area contributed by atoms with Crippen molar-refractivity contribution < 1.29 is 18.0 Å². The van der Waals surface area contributed by atoms with Crippen molar-refractivity contribution in [3.8, 4) is 0 Å². The van der Waals surface area contributed by atoms with Gasteiger partial charge in [0.25, 0.3) is 0 Å². The Labute approximate surface area is 141 Å². The van der Waals surface area contributed by atoms with Crippen LogP contribution < -0.4 is 5.43 Å². The van der Waals surface area contributed by atoms with E-state index in [9.17, 15) is 18.0 Å². The number of carbonyl (C=O) groups is 1. The highest BCUT2D eigenvalue weighted by atomic mass is 19.4. The molecule has 1 fully saturated rings. The monoisotopic (exact) mass is 342 g/mol. The molecule has 0 unspecified atom stereocenters. The number of halogens is 3. The largest absolute Gasteiger partial charge is 0.405 e. The molecule has 1 saturated heterocycles. The smallest absolute Gasteiger partial charge is 0.288 e. The number of hydrogen-bond acceptors (Lipinski definition) is 2. The van der Waals surface area contributed by atoms with E-state index in [2.05, 4.69) is 11.5 Å². The second-order valence-electron chi connectivity index (χ2n) is 7.24. The van der Waals surface area contributed by atoms with Gasteiger partial charge in [-0.05, 0) is 45.6 Å². The van der Waals surface area contributed by atoms with Crippen LogP contribution in [-0.4, -0.2) is 29.7 Å². The van der Waals surface area contributed by atoms with Gasteiger partial charge in [-0.15, -0.1) is 0 Å². The standard InChI is InChI=1S/C18H25F3N2O/c1-13-7-6-9-14(11-13)8-4-5-10-15(18(19,20)21)23-12-17(2,3)16(24)22-23/h6-7,9,11,15H,4-5,8,10,12H2,1-3H3,(H,22,24)/t15-/m0/s1. The van der Waals surface area contributed by atoms with E-state index in [0.717, 1.165) is 22.6 Å². The molecule has 2 rings (SSSR count).